The minimum Gasteiger partial charge on any atom is -0.377 e. The SMILES string of the molecule is CCO[C@@H]1CN(C(=O)CCl)C[C@@H]1OC. The van der Waals surface area contributed by atoms with Crippen LogP contribution in [0.4, 0.5) is 0 Å². The molecule has 0 unspecified atom stereocenters. The fourth-order valence-electron chi connectivity index (χ4n) is 1.63. The molecule has 0 spiro atoms. The molecule has 4 nitrogen and oxygen atoms in total. The summed E-state index contributed by atoms with van der Waals surface area (Å²) in [4.78, 5) is 13.0. The lowest BCUT2D eigenvalue weighted by atomic mass is 10.2. The lowest BCUT2D eigenvalue weighted by molar-refractivity contribution is -0.128. The van der Waals surface area contributed by atoms with Crippen LogP contribution in [0.1, 0.15) is 6.92 Å². The topological polar surface area (TPSA) is 38.8 Å². The van der Waals surface area contributed by atoms with Crippen LogP contribution in [0.5, 0.6) is 0 Å². The van der Waals surface area contributed by atoms with Gasteiger partial charge in [0, 0.05) is 26.8 Å². The van der Waals surface area contributed by atoms with E-state index < -0.39 is 0 Å². The Balaban J connectivity index is 2.51. The molecule has 1 rings (SSSR count). The predicted molar refractivity (Wildman–Crippen MR) is 53.5 cm³/mol. The van der Waals surface area contributed by atoms with E-state index in [1.807, 2.05) is 6.92 Å². The molecule has 14 heavy (non-hydrogen) atoms. The Hall–Kier alpha value is -0.320. The second kappa shape index (κ2) is 5.53. The van der Waals surface area contributed by atoms with Crippen LogP contribution in [0.15, 0.2) is 0 Å². The second-order valence-electron chi connectivity index (χ2n) is 3.20. The van der Waals surface area contributed by atoms with Gasteiger partial charge in [-0.2, -0.15) is 0 Å². The van der Waals surface area contributed by atoms with E-state index in [0.29, 0.717) is 19.7 Å². The molecule has 1 fully saturated rings. The molecule has 5 heteroatoms. The molecule has 0 aliphatic carbocycles. The van der Waals surface area contributed by atoms with Gasteiger partial charge in [0.25, 0.3) is 0 Å². The van der Waals surface area contributed by atoms with E-state index in [-0.39, 0.29) is 24.0 Å². The zero-order chi connectivity index (χ0) is 10.6. The van der Waals surface area contributed by atoms with Crippen molar-refractivity contribution in [3.05, 3.63) is 0 Å². The van der Waals surface area contributed by atoms with Gasteiger partial charge in [-0.05, 0) is 6.92 Å². The number of methoxy groups -OCH3 is 1. The average Bonchev–Trinajstić information content (AvgIpc) is 2.60. The van der Waals surface area contributed by atoms with E-state index in [9.17, 15) is 4.79 Å². The minimum absolute atomic E-state index is 0.0165. The van der Waals surface area contributed by atoms with E-state index in [1.165, 1.54) is 0 Å². The zero-order valence-electron chi connectivity index (χ0n) is 8.53. The number of rotatable bonds is 4. The molecule has 1 aliphatic heterocycles. The number of ether oxygens (including phenoxy) is 2. The third-order valence-electron chi connectivity index (χ3n) is 2.37. The molecule has 82 valence electrons. The highest BCUT2D eigenvalue weighted by molar-refractivity contribution is 6.27. The molecular formula is C9H16ClNO3. The lowest BCUT2D eigenvalue weighted by Crippen LogP contribution is -2.30. The van der Waals surface area contributed by atoms with E-state index >= 15 is 0 Å². The highest BCUT2D eigenvalue weighted by atomic mass is 35.5. The summed E-state index contributed by atoms with van der Waals surface area (Å²) in [5.41, 5.74) is 0. The van der Waals surface area contributed by atoms with Gasteiger partial charge in [0.2, 0.25) is 5.91 Å². The Kier molecular flexibility index (Phi) is 4.65. The van der Waals surface area contributed by atoms with Crippen LogP contribution in [0.3, 0.4) is 0 Å². The van der Waals surface area contributed by atoms with Gasteiger partial charge in [-0.15, -0.1) is 11.6 Å². The number of hydrogen-bond donors (Lipinski definition) is 0. The smallest absolute Gasteiger partial charge is 0.237 e. The van der Waals surface area contributed by atoms with Crippen LogP contribution < -0.4 is 0 Å². The summed E-state index contributed by atoms with van der Waals surface area (Å²) in [5.74, 6) is -0.0362. The molecule has 0 aromatic heterocycles. The van der Waals surface area contributed by atoms with E-state index in [0.717, 1.165) is 0 Å². The number of nitrogens with zero attached hydrogens (tertiary/aromatic N) is 1. The van der Waals surface area contributed by atoms with Crippen LogP contribution in [-0.4, -0.2) is 55.7 Å². The Morgan fingerprint density at radius 1 is 1.50 bits per heavy atom. The molecule has 0 aromatic rings. The van der Waals surface area contributed by atoms with Crippen LogP contribution in [0.25, 0.3) is 0 Å². The van der Waals surface area contributed by atoms with Crippen molar-refractivity contribution in [2.24, 2.45) is 0 Å². The Morgan fingerprint density at radius 3 is 2.64 bits per heavy atom. The molecule has 1 aliphatic rings. The minimum atomic E-state index is -0.0593. The van der Waals surface area contributed by atoms with Crippen molar-refractivity contribution in [1.82, 2.24) is 4.90 Å². The second-order valence-corrected chi connectivity index (χ2v) is 3.47. The summed E-state index contributed by atoms with van der Waals surface area (Å²) >= 11 is 5.47. The first-order chi connectivity index (χ1) is 6.72. The fourth-order valence-corrected chi connectivity index (χ4v) is 1.80. The van der Waals surface area contributed by atoms with Gasteiger partial charge in [-0.25, -0.2) is 0 Å². The maximum Gasteiger partial charge on any atom is 0.237 e. The van der Waals surface area contributed by atoms with Crippen molar-refractivity contribution in [2.45, 2.75) is 19.1 Å². The van der Waals surface area contributed by atoms with E-state index in [4.69, 9.17) is 21.1 Å². The number of amides is 1. The van der Waals surface area contributed by atoms with Gasteiger partial charge >= 0.3 is 0 Å². The van der Waals surface area contributed by atoms with Gasteiger partial charge in [0.15, 0.2) is 0 Å². The third-order valence-corrected chi connectivity index (χ3v) is 2.59. The number of hydrogen-bond acceptors (Lipinski definition) is 3. The Morgan fingerprint density at radius 2 is 2.14 bits per heavy atom. The zero-order valence-corrected chi connectivity index (χ0v) is 9.29. The molecule has 0 N–H and O–H groups in total. The van der Waals surface area contributed by atoms with Crippen LogP contribution in [0.2, 0.25) is 0 Å². The summed E-state index contributed by atoms with van der Waals surface area (Å²) in [5, 5.41) is 0. The van der Waals surface area contributed by atoms with Crippen molar-refractivity contribution >= 4 is 17.5 Å². The van der Waals surface area contributed by atoms with Crippen LogP contribution in [0, 0.1) is 0 Å². The maximum atomic E-state index is 11.3. The molecule has 0 bridgehead atoms. The largest absolute Gasteiger partial charge is 0.377 e. The summed E-state index contributed by atoms with van der Waals surface area (Å²) in [7, 11) is 1.63. The molecule has 2 atom stereocenters. The Labute approximate surface area is 89.1 Å². The summed E-state index contributed by atoms with van der Waals surface area (Å²) in [6.45, 7) is 3.72. The monoisotopic (exact) mass is 221 g/mol. The van der Waals surface area contributed by atoms with Gasteiger partial charge in [-0.1, -0.05) is 0 Å². The van der Waals surface area contributed by atoms with E-state index in [2.05, 4.69) is 0 Å². The van der Waals surface area contributed by atoms with Crippen molar-refractivity contribution in [2.75, 3.05) is 32.7 Å². The van der Waals surface area contributed by atoms with Gasteiger partial charge < -0.3 is 14.4 Å². The average molecular weight is 222 g/mol. The fraction of sp³-hybridized carbons (Fsp3) is 0.889. The van der Waals surface area contributed by atoms with Crippen LogP contribution in [-0.2, 0) is 14.3 Å². The summed E-state index contributed by atoms with van der Waals surface area (Å²) < 4.78 is 10.7. The van der Waals surface area contributed by atoms with Crippen molar-refractivity contribution < 1.29 is 14.3 Å². The first-order valence-electron chi connectivity index (χ1n) is 4.71. The number of halogens is 1. The quantitative estimate of drug-likeness (QED) is 0.649. The maximum absolute atomic E-state index is 11.3. The first kappa shape index (κ1) is 11.8. The first-order valence-corrected chi connectivity index (χ1v) is 5.24. The van der Waals surface area contributed by atoms with Gasteiger partial charge in [-0.3, -0.25) is 4.79 Å². The molecule has 0 saturated carbocycles. The van der Waals surface area contributed by atoms with Gasteiger partial charge in [0.05, 0.1) is 0 Å². The third kappa shape index (κ3) is 2.59. The molecular weight excluding hydrogens is 206 g/mol. The number of likely N-dealkylation sites (tertiary alicyclic amines) is 1. The molecule has 1 amide bonds. The normalized spacial score (nSPS) is 26.9. The highest BCUT2D eigenvalue weighted by Gasteiger charge is 2.35. The molecule has 0 aromatic carbocycles. The number of carbonyl (C=O) groups excluding carboxylic acids is 1. The number of carbonyl (C=O) groups is 1. The Bertz CT molecular complexity index is 200. The predicted octanol–water partition coefficient (Wildman–Crippen LogP) is 0.487. The molecule has 1 saturated heterocycles. The van der Waals surface area contributed by atoms with Gasteiger partial charge in [0.1, 0.15) is 18.1 Å². The lowest BCUT2D eigenvalue weighted by Gasteiger charge is -2.15. The number of alkyl halides is 1. The van der Waals surface area contributed by atoms with E-state index in [1.54, 1.807) is 12.0 Å². The summed E-state index contributed by atoms with van der Waals surface area (Å²) in [6.07, 6.45) is -0.0423. The standard InChI is InChI=1S/C9H16ClNO3/c1-3-14-8-6-11(9(12)4-10)5-7(8)13-2/h7-8H,3-6H2,1-2H3/t7-,8+/m0/s1. The van der Waals surface area contributed by atoms with Crippen molar-refractivity contribution in [1.29, 1.82) is 0 Å². The molecule has 0 radical (unpaired) electrons. The van der Waals surface area contributed by atoms with Crippen LogP contribution >= 0.6 is 11.6 Å². The van der Waals surface area contributed by atoms with Crippen molar-refractivity contribution in [3.8, 4) is 0 Å². The highest BCUT2D eigenvalue weighted by Crippen LogP contribution is 2.16. The summed E-state index contributed by atoms with van der Waals surface area (Å²) in [6, 6.07) is 0. The molecule has 1 heterocycles. The van der Waals surface area contributed by atoms with Crippen molar-refractivity contribution in [3.63, 3.8) is 0 Å².